The van der Waals surface area contributed by atoms with Gasteiger partial charge in [-0.05, 0) is 37.0 Å². The molecule has 1 aliphatic heterocycles. The molecule has 0 saturated carbocycles. The van der Waals surface area contributed by atoms with Gasteiger partial charge in [-0.2, -0.15) is 4.31 Å². The summed E-state index contributed by atoms with van der Waals surface area (Å²) in [6.45, 7) is 0.321. The van der Waals surface area contributed by atoms with Crippen molar-refractivity contribution in [1.82, 2.24) is 18.8 Å². The molecule has 0 spiro atoms. The maximum Gasteiger partial charge on any atom is 0.262 e. The minimum absolute atomic E-state index is 0.0621. The van der Waals surface area contributed by atoms with E-state index in [-0.39, 0.29) is 49.1 Å². The third-order valence-corrected chi connectivity index (χ3v) is 9.17. The Bertz CT molecular complexity index is 1370. The molecule has 0 unspecified atom stereocenters. The molecule has 0 N–H and O–H groups in total. The molecule has 1 amide bonds. The Morgan fingerprint density at radius 1 is 1.12 bits per heavy atom. The maximum atomic E-state index is 14.0. The van der Waals surface area contributed by atoms with Crippen molar-refractivity contribution in [1.29, 1.82) is 0 Å². The first-order chi connectivity index (χ1) is 15.4. The fourth-order valence-electron chi connectivity index (χ4n) is 4.35. The summed E-state index contributed by atoms with van der Waals surface area (Å²) < 4.78 is 42.0. The lowest BCUT2D eigenvalue weighted by Crippen LogP contribution is -2.51. The first-order valence-electron chi connectivity index (χ1n) is 10.4. The summed E-state index contributed by atoms with van der Waals surface area (Å²) in [5.41, 5.74) is 0.861. The van der Waals surface area contributed by atoms with Crippen LogP contribution in [-0.4, -0.2) is 59.3 Å². The summed E-state index contributed by atoms with van der Waals surface area (Å²) in [4.78, 5) is 33.3. The van der Waals surface area contributed by atoms with E-state index in [0.717, 1.165) is 35.7 Å². The molecule has 1 saturated heterocycles. The predicted molar refractivity (Wildman–Crippen MR) is 118 cm³/mol. The number of hydrogen-bond acceptors (Lipinski definition) is 6. The van der Waals surface area contributed by atoms with Crippen LogP contribution in [-0.2, 0) is 34.2 Å². The zero-order chi connectivity index (χ0) is 22.5. The number of piperazine rings is 1. The summed E-state index contributed by atoms with van der Waals surface area (Å²) in [6, 6.07) is 5.25. The zero-order valence-electron chi connectivity index (χ0n) is 17.2. The van der Waals surface area contributed by atoms with Crippen LogP contribution in [0.1, 0.15) is 16.9 Å². The number of rotatable bonds is 4. The number of halogens is 1. The van der Waals surface area contributed by atoms with Crippen molar-refractivity contribution in [3.05, 3.63) is 57.2 Å². The van der Waals surface area contributed by atoms with Gasteiger partial charge in [-0.15, -0.1) is 11.3 Å². The third kappa shape index (κ3) is 3.54. The van der Waals surface area contributed by atoms with E-state index in [2.05, 4.69) is 4.98 Å². The van der Waals surface area contributed by atoms with Crippen LogP contribution in [0.2, 0.25) is 0 Å². The van der Waals surface area contributed by atoms with Crippen LogP contribution >= 0.6 is 11.3 Å². The number of nitrogens with zero attached hydrogens (tertiary/aromatic N) is 4. The molecule has 0 radical (unpaired) electrons. The molecule has 0 bridgehead atoms. The van der Waals surface area contributed by atoms with E-state index in [1.165, 1.54) is 43.2 Å². The SMILES string of the molecule is O=C(Cn1cnc2sc3c(c2c1=O)CCC3)N1CCN(S(=O)(=O)c2ccccc2F)CC1. The molecule has 168 valence electrons. The van der Waals surface area contributed by atoms with Gasteiger partial charge in [-0.3, -0.25) is 14.2 Å². The minimum atomic E-state index is -3.97. The number of aromatic nitrogens is 2. The summed E-state index contributed by atoms with van der Waals surface area (Å²) >= 11 is 1.55. The molecule has 3 aromatic rings. The van der Waals surface area contributed by atoms with Crippen molar-refractivity contribution < 1.29 is 17.6 Å². The molecular weight excluding hydrogens is 455 g/mol. The lowest BCUT2D eigenvalue weighted by molar-refractivity contribution is -0.133. The number of amides is 1. The lowest BCUT2D eigenvalue weighted by Gasteiger charge is -2.34. The minimum Gasteiger partial charge on any atom is -0.338 e. The molecule has 5 rings (SSSR count). The number of carbonyl (C=O) groups is 1. The molecule has 32 heavy (non-hydrogen) atoms. The van der Waals surface area contributed by atoms with Gasteiger partial charge in [0.05, 0.1) is 11.7 Å². The summed E-state index contributed by atoms with van der Waals surface area (Å²) in [6.07, 6.45) is 4.27. The van der Waals surface area contributed by atoms with Gasteiger partial charge in [0, 0.05) is 31.1 Å². The number of hydrogen-bond donors (Lipinski definition) is 0. The largest absolute Gasteiger partial charge is 0.338 e. The van der Waals surface area contributed by atoms with E-state index in [4.69, 9.17) is 0 Å². The topological polar surface area (TPSA) is 92.6 Å². The number of sulfonamides is 1. The van der Waals surface area contributed by atoms with Crippen molar-refractivity contribution in [2.45, 2.75) is 30.7 Å². The average Bonchev–Trinajstić information content (AvgIpc) is 3.37. The van der Waals surface area contributed by atoms with Gasteiger partial charge in [0.25, 0.3) is 5.56 Å². The van der Waals surface area contributed by atoms with Crippen molar-refractivity contribution in [3.8, 4) is 0 Å². The predicted octanol–water partition coefficient (Wildman–Crippen LogP) is 1.62. The maximum absolute atomic E-state index is 14.0. The standard InChI is InChI=1S/C21H21FN4O4S2/c22-15-5-1-2-7-17(15)32(29,30)26-10-8-24(9-11-26)18(27)12-25-13-23-20-19(21(25)28)14-4-3-6-16(14)31-20/h1-2,5,7,13H,3-4,6,8-12H2. The second-order valence-electron chi connectivity index (χ2n) is 7.93. The molecule has 2 aliphatic rings. The molecule has 11 heteroatoms. The van der Waals surface area contributed by atoms with Crippen LogP contribution in [0.15, 0.2) is 40.3 Å². The van der Waals surface area contributed by atoms with Crippen molar-refractivity contribution >= 4 is 37.5 Å². The molecule has 1 aliphatic carbocycles. The third-order valence-electron chi connectivity index (χ3n) is 6.04. The first-order valence-corrected chi connectivity index (χ1v) is 12.6. The second-order valence-corrected chi connectivity index (χ2v) is 10.9. The van der Waals surface area contributed by atoms with E-state index < -0.39 is 15.8 Å². The van der Waals surface area contributed by atoms with Gasteiger partial charge in [0.1, 0.15) is 22.1 Å². The number of fused-ring (bicyclic) bond motifs is 3. The highest BCUT2D eigenvalue weighted by Gasteiger charge is 2.32. The second kappa shape index (κ2) is 8.05. The van der Waals surface area contributed by atoms with E-state index in [1.807, 2.05) is 0 Å². The van der Waals surface area contributed by atoms with Gasteiger partial charge in [0.2, 0.25) is 15.9 Å². The van der Waals surface area contributed by atoms with E-state index in [9.17, 15) is 22.4 Å². The summed E-state index contributed by atoms with van der Waals surface area (Å²) in [5, 5.41) is 0.624. The Balaban J connectivity index is 1.29. The highest BCUT2D eigenvalue weighted by Crippen LogP contribution is 2.34. The van der Waals surface area contributed by atoms with Gasteiger partial charge < -0.3 is 4.90 Å². The Morgan fingerprint density at radius 3 is 2.62 bits per heavy atom. The first kappa shape index (κ1) is 21.2. The summed E-state index contributed by atoms with van der Waals surface area (Å²) in [5.74, 6) is -1.07. The molecule has 0 atom stereocenters. The zero-order valence-corrected chi connectivity index (χ0v) is 18.8. The summed E-state index contributed by atoms with van der Waals surface area (Å²) in [7, 11) is -3.97. The highest BCUT2D eigenvalue weighted by atomic mass is 32.2. The fourth-order valence-corrected chi connectivity index (χ4v) is 7.06. The Hall–Kier alpha value is -2.63. The number of aryl methyl sites for hydroxylation is 2. The van der Waals surface area contributed by atoms with Crippen LogP contribution in [0.4, 0.5) is 4.39 Å². The van der Waals surface area contributed by atoms with Crippen molar-refractivity contribution in [3.63, 3.8) is 0 Å². The Labute approximate surface area is 188 Å². The molecule has 1 fully saturated rings. The number of benzene rings is 1. The van der Waals surface area contributed by atoms with E-state index in [0.29, 0.717) is 5.39 Å². The molecule has 3 heterocycles. The van der Waals surface area contributed by atoms with Gasteiger partial charge >= 0.3 is 0 Å². The average molecular weight is 477 g/mol. The van der Waals surface area contributed by atoms with E-state index in [1.54, 1.807) is 11.3 Å². The van der Waals surface area contributed by atoms with Gasteiger partial charge in [-0.25, -0.2) is 17.8 Å². The van der Waals surface area contributed by atoms with Crippen molar-refractivity contribution in [2.24, 2.45) is 0 Å². The van der Waals surface area contributed by atoms with Crippen LogP contribution in [0.25, 0.3) is 10.2 Å². The molecule has 1 aromatic carbocycles. The van der Waals surface area contributed by atoms with Crippen LogP contribution in [0.5, 0.6) is 0 Å². The Morgan fingerprint density at radius 2 is 1.88 bits per heavy atom. The molecular formula is C21H21FN4O4S2. The quantitative estimate of drug-likeness (QED) is 0.571. The van der Waals surface area contributed by atoms with Gasteiger partial charge in [-0.1, -0.05) is 12.1 Å². The smallest absolute Gasteiger partial charge is 0.262 e. The lowest BCUT2D eigenvalue weighted by atomic mass is 10.2. The number of carbonyl (C=O) groups excluding carboxylic acids is 1. The van der Waals surface area contributed by atoms with Crippen LogP contribution < -0.4 is 5.56 Å². The fraction of sp³-hybridized carbons (Fsp3) is 0.381. The number of thiophene rings is 1. The van der Waals surface area contributed by atoms with Crippen molar-refractivity contribution in [2.75, 3.05) is 26.2 Å². The van der Waals surface area contributed by atoms with E-state index >= 15 is 0 Å². The van der Waals surface area contributed by atoms with Gasteiger partial charge in [0.15, 0.2) is 0 Å². The highest BCUT2D eigenvalue weighted by molar-refractivity contribution is 7.89. The monoisotopic (exact) mass is 476 g/mol. The van der Waals surface area contributed by atoms with Crippen LogP contribution in [0, 0.1) is 5.82 Å². The van der Waals surface area contributed by atoms with Crippen LogP contribution in [0.3, 0.4) is 0 Å². The normalized spacial score (nSPS) is 17.1. The Kier molecular flexibility index (Phi) is 5.34. The molecule has 8 nitrogen and oxygen atoms in total. The molecule has 2 aromatic heterocycles.